The van der Waals surface area contributed by atoms with Crippen molar-refractivity contribution in [3.8, 4) is 0 Å². The van der Waals surface area contributed by atoms with Crippen molar-refractivity contribution in [1.29, 1.82) is 0 Å². The van der Waals surface area contributed by atoms with Gasteiger partial charge in [-0.15, -0.1) is 5.73 Å². The highest BCUT2D eigenvalue weighted by molar-refractivity contribution is 5.74. The maximum Gasteiger partial charge on any atom is 0.243 e. The molecule has 3 heteroatoms. The molecule has 0 aliphatic carbocycles. The van der Waals surface area contributed by atoms with Crippen molar-refractivity contribution in [2.24, 2.45) is 0 Å². The van der Waals surface area contributed by atoms with E-state index in [4.69, 9.17) is 5.21 Å². The number of carbonyl (C=O) groups is 1. The Kier molecular flexibility index (Phi) is 5.53. The number of hydrogen-bond acceptors (Lipinski definition) is 2. The van der Waals surface area contributed by atoms with E-state index in [2.05, 4.69) is 5.73 Å². The number of rotatable bonds is 5. The van der Waals surface area contributed by atoms with E-state index in [-0.39, 0.29) is 12.3 Å². The third kappa shape index (κ3) is 5.11. The van der Waals surface area contributed by atoms with Crippen LogP contribution in [-0.4, -0.2) is 11.1 Å². The molecule has 2 aromatic carbocycles. The van der Waals surface area contributed by atoms with E-state index in [1.807, 2.05) is 66.7 Å². The van der Waals surface area contributed by atoms with Crippen LogP contribution in [0.1, 0.15) is 23.1 Å². The Hall–Kier alpha value is -2.61. The molecule has 0 heterocycles. The molecule has 0 saturated heterocycles. The highest BCUT2D eigenvalue weighted by atomic mass is 16.5. The van der Waals surface area contributed by atoms with Gasteiger partial charge in [0, 0.05) is 6.42 Å². The van der Waals surface area contributed by atoms with Crippen molar-refractivity contribution in [3.63, 3.8) is 0 Å². The minimum atomic E-state index is -0.371. The van der Waals surface area contributed by atoms with Crippen molar-refractivity contribution < 1.29 is 10.0 Å². The Bertz CT molecular complexity index is 639. The first-order valence-electron chi connectivity index (χ1n) is 6.77. The number of hydrogen-bond donors (Lipinski definition) is 2. The quantitative estimate of drug-likeness (QED) is 0.500. The molecule has 0 aliphatic heterocycles. The second kappa shape index (κ2) is 7.85. The first-order chi connectivity index (χ1) is 10.3. The van der Waals surface area contributed by atoms with Crippen molar-refractivity contribution in [2.75, 3.05) is 0 Å². The van der Waals surface area contributed by atoms with Gasteiger partial charge in [-0.1, -0.05) is 54.6 Å². The Labute approximate surface area is 124 Å². The molecule has 2 rings (SSSR count). The number of carbonyl (C=O) groups excluding carboxylic acids is 1. The van der Waals surface area contributed by atoms with Crippen LogP contribution in [0.2, 0.25) is 0 Å². The molecular weight excluding hydrogens is 262 g/mol. The van der Waals surface area contributed by atoms with E-state index in [9.17, 15) is 4.79 Å². The summed E-state index contributed by atoms with van der Waals surface area (Å²) in [5, 5.41) is 8.43. The zero-order valence-electron chi connectivity index (χ0n) is 11.6. The lowest BCUT2D eigenvalue weighted by Gasteiger charge is -2.00. The Morgan fingerprint density at radius 3 is 2.24 bits per heavy atom. The number of aryl methyl sites for hydroxylation is 1. The van der Waals surface area contributed by atoms with Crippen molar-refractivity contribution in [3.05, 3.63) is 77.0 Å². The fourth-order valence-electron chi connectivity index (χ4n) is 1.88. The maximum absolute atomic E-state index is 10.9. The van der Waals surface area contributed by atoms with Gasteiger partial charge in [-0.05, 0) is 35.3 Å². The molecule has 3 nitrogen and oxygen atoms in total. The van der Waals surface area contributed by atoms with E-state index in [1.54, 1.807) is 5.48 Å². The number of nitrogens with one attached hydrogen (secondary N) is 1. The standard InChI is InChI=1S/C18H17NO2/c20-18(19-21)14-13-17-11-9-16(10-12-17)8-4-7-15-5-2-1-3-6-15/h1-3,5-12,21H,13-14H2,(H,19,20). The summed E-state index contributed by atoms with van der Waals surface area (Å²) in [6.07, 6.45) is 4.73. The fourth-order valence-corrected chi connectivity index (χ4v) is 1.88. The normalized spacial score (nSPS) is 9.57. The average molecular weight is 279 g/mol. The lowest BCUT2D eigenvalue weighted by atomic mass is 10.1. The average Bonchev–Trinajstić information content (AvgIpc) is 2.55. The van der Waals surface area contributed by atoms with E-state index in [1.165, 1.54) is 0 Å². The van der Waals surface area contributed by atoms with Gasteiger partial charge in [0.15, 0.2) is 0 Å². The van der Waals surface area contributed by atoms with Crippen LogP contribution in [0.25, 0.3) is 12.2 Å². The molecule has 1 amide bonds. The predicted octanol–water partition coefficient (Wildman–Crippen LogP) is 3.45. The van der Waals surface area contributed by atoms with Crippen LogP contribution < -0.4 is 5.48 Å². The number of benzene rings is 2. The van der Waals surface area contributed by atoms with Gasteiger partial charge in [0.25, 0.3) is 0 Å². The van der Waals surface area contributed by atoms with Crippen LogP contribution in [-0.2, 0) is 11.2 Å². The zero-order chi connectivity index (χ0) is 14.9. The number of hydroxylamine groups is 1. The van der Waals surface area contributed by atoms with Gasteiger partial charge in [-0.25, -0.2) is 5.48 Å². The first kappa shape index (κ1) is 14.8. The van der Waals surface area contributed by atoms with Crippen LogP contribution in [0.3, 0.4) is 0 Å². The van der Waals surface area contributed by atoms with E-state index >= 15 is 0 Å². The zero-order valence-corrected chi connectivity index (χ0v) is 11.6. The smallest absolute Gasteiger partial charge is 0.243 e. The second-order valence-corrected chi connectivity index (χ2v) is 4.64. The molecule has 0 radical (unpaired) electrons. The summed E-state index contributed by atoms with van der Waals surface area (Å²) in [5.74, 6) is -0.371. The molecule has 2 aromatic rings. The molecule has 0 aliphatic rings. The minimum Gasteiger partial charge on any atom is -0.289 e. The third-order valence-corrected chi connectivity index (χ3v) is 3.04. The summed E-state index contributed by atoms with van der Waals surface area (Å²) < 4.78 is 0. The maximum atomic E-state index is 10.9. The lowest BCUT2D eigenvalue weighted by molar-refractivity contribution is -0.129. The summed E-state index contributed by atoms with van der Waals surface area (Å²) in [4.78, 5) is 10.9. The fraction of sp³-hybridized carbons (Fsp3) is 0.111. The Morgan fingerprint density at radius 1 is 1.00 bits per heavy atom. The van der Waals surface area contributed by atoms with Gasteiger partial charge in [-0.3, -0.25) is 10.0 Å². The summed E-state index contributed by atoms with van der Waals surface area (Å²) >= 11 is 0. The molecule has 2 N–H and O–H groups in total. The van der Waals surface area contributed by atoms with Crippen LogP contribution in [0.15, 0.2) is 60.3 Å². The SMILES string of the molecule is O=C(CCc1ccc(C=C=Cc2ccccc2)cc1)NO. The molecular formula is C18H17NO2. The summed E-state index contributed by atoms with van der Waals surface area (Å²) in [5.41, 5.74) is 8.00. The van der Waals surface area contributed by atoms with E-state index < -0.39 is 0 Å². The molecule has 0 spiro atoms. The molecule has 0 aromatic heterocycles. The van der Waals surface area contributed by atoms with Crippen LogP contribution in [0, 0.1) is 0 Å². The van der Waals surface area contributed by atoms with Crippen LogP contribution >= 0.6 is 0 Å². The summed E-state index contributed by atoms with van der Waals surface area (Å²) in [6.45, 7) is 0. The second-order valence-electron chi connectivity index (χ2n) is 4.64. The van der Waals surface area contributed by atoms with Crippen molar-refractivity contribution in [2.45, 2.75) is 12.8 Å². The summed E-state index contributed by atoms with van der Waals surface area (Å²) in [6, 6.07) is 17.9. The first-order valence-corrected chi connectivity index (χ1v) is 6.77. The molecule has 0 unspecified atom stereocenters. The Balaban J connectivity index is 1.96. The van der Waals surface area contributed by atoms with Crippen LogP contribution in [0.5, 0.6) is 0 Å². The van der Waals surface area contributed by atoms with Gasteiger partial charge in [0.05, 0.1) is 0 Å². The Morgan fingerprint density at radius 2 is 1.62 bits per heavy atom. The van der Waals surface area contributed by atoms with Crippen molar-refractivity contribution in [1.82, 2.24) is 5.48 Å². The highest BCUT2D eigenvalue weighted by Crippen LogP contribution is 2.08. The minimum absolute atomic E-state index is 0.277. The van der Waals surface area contributed by atoms with Gasteiger partial charge >= 0.3 is 0 Å². The van der Waals surface area contributed by atoms with Gasteiger partial charge in [-0.2, -0.15) is 0 Å². The van der Waals surface area contributed by atoms with Crippen LogP contribution in [0.4, 0.5) is 0 Å². The largest absolute Gasteiger partial charge is 0.289 e. The third-order valence-electron chi connectivity index (χ3n) is 3.04. The van der Waals surface area contributed by atoms with Gasteiger partial charge in [0.2, 0.25) is 5.91 Å². The van der Waals surface area contributed by atoms with E-state index in [0.29, 0.717) is 6.42 Å². The molecule has 106 valence electrons. The number of amides is 1. The highest BCUT2D eigenvalue weighted by Gasteiger charge is 1.99. The molecule has 0 atom stereocenters. The lowest BCUT2D eigenvalue weighted by Crippen LogP contribution is -2.18. The molecule has 0 fully saturated rings. The van der Waals surface area contributed by atoms with Gasteiger partial charge in [0.1, 0.15) is 0 Å². The topological polar surface area (TPSA) is 49.3 Å². The molecule has 21 heavy (non-hydrogen) atoms. The molecule has 0 saturated carbocycles. The van der Waals surface area contributed by atoms with E-state index in [0.717, 1.165) is 16.7 Å². The monoisotopic (exact) mass is 279 g/mol. The predicted molar refractivity (Wildman–Crippen MR) is 83.6 cm³/mol. The molecule has 0 bridgehead atoms. The van der Waals surface area contributed by atoms with Gasteiger partial charge < -0.3 is 0 Å². The summed E-state index contributed by atoms with van der Waals surface area (Å²) in [7, 11) is 0. The van der Waals surface area contributed by atoms with Crippen molar-refractivity contribution >= 4 is 18.1 Å².